The fourth-order valence-corrected chi connectivity index (χ4v) is 3.15. The molecule has 0 radical (unpaired) electrons. The van der Waals surface area contributed by atoms with E-state index in [1.165, 1.54) is 36.9 Å². The predicted molar refractivity (Wildman–Crippen MR) is 84.7 cm³/mol. The third-order valence-corrected chi connectivity index (χ3v) is 4.64. The number of hydrogen-bond acceptors (Lipinski definition) is 1. The standard InChI is InChI=1S/C18H29N/c1-13(2)15-8-10-17(11-9-15)19-18-7-5-6-16(12-18)14(3)4/h5-7,12-15,17,19H,8-11H2,1-4H3. The molecule has 1 aliphatic carbocycles. The average molecular weight is 259 g/mol. The van der Waals surface area contributed by atoms with Gasteiger partial charge in [-0.25, -0.2) is 0 Å². The molecule has 2 rings (SSSR count). The van der Waals surface area contributed by atoms with E-state index in [1.807, 2.05) is 0 Å². The molecule has 0 heterocycles. The molecular weight excluding hydrogens is 230 g/mol. The molecule has 0 saturated heterocycles. The van der Waals surface area contributed by atoms with Crippen LogP contribution in [0.4, 0.5) is 5.69 Å². The van der Waals surface area contributed by atoms with Crippen LogP contribution in [0.15, 0.2) is 24.3 Å². The molecule has 0 unspecified atom stereocenters. The van der Waals surface area contributed by atoms with Gasteiger partial charge in [0.1, 0.15) is 0 Å². The lowest BCUT2D eigenvalue weighted by molar-refractivity contribution is 0.267. The van der Waals surface area contributed by atoms with Gasteiger partial charge in [-0.15, -0.1) is 0 Å². The van der Waals surface area contributed by atoms with Crippen LogP contribution in [0.3, 0.4) is 0 Å². The molecule has 19 heavy (non-hydrogen) atoms. The monoisotopic (exact) mass is 259 g/mol. The van der Waals surface area contributed by atoms with E-state index < -0.39 is 0 Å². The maximum Gasteiger partial charge on any atom is 0.0345 e. The molecule has 1 aliphatic rings. The first-order valence-corrected chi connectivity index (χ1v) is 7.92. The molecule has 106 valence electrons. The minimum absolute atomic E-state index is 0.610. The summed E-state index contributed by atoms with van der Waals surface area (Å²) in [6.07, 6.45) is 5.43. The number of anilines is 1. The van der Waals surface area contributed by atoms with Crippen LogP contribution in [0.25, 0.3) is 0 Å². The minimum Gasteiger partial charge on any atom is -0.382 e. The second-order valence-electron chi connectivity index (χ2n) is 6.78. The van der Waals surface area contributed by atoms with Crippen molar-refractivity contribution >= 4 is 5.69 Å². The molecule has 1 saturated carbocycles. The Balaban J connectivity index is 1.90. The van der Waals surface area contributed by atoms with Crippen LogP contribution in [0.5, 0.6) is 0 Å². The van der Waals surface area contributed by atoms with E-state index in [0.717, 1.165) is 11.8 Å². The lowest BCUT2D eigenvalue weighted by Crippen LogP contribution is -2.27. The highest BCUT2D eigenvalue weighted by molar-refractivity contribution is 5.47. The molecule has 0 bridgehead atoms. The van der Waals surface area contributed by atoms with Gasteiger partial charge in [0, 0.05) is 11.7 Å². The Morgan fingerprint density at radius 2 is 1.68 bits per heavy atom. The zero-order valence-corrected chi connectivity index (χ0v) is 12.9. The Morgan fingerprint density at radius 1 is 1.00 bits per heavy atom. The van der Waals surface area contributed by atoms with Gasteiger partial charge in [0.15, 0.2) is 0 Å². The van der Waals surface area contributed by atoms with E-state index in [4.69, 9.17) is 0 Å². The molecular formula is C18H29N. The van der Waals surface area contributed by atoms with Crippen molar-refractivity contribution in [2.45, 2.75) is 65.3 Å². The highest BCUT2D eigenvalue weighted by atomic mass is 14.9. The summed E-state index contributed by atoms with van der Waals surface area (Å²) in [5.41, 5.74) is 2.74. The molecule has 1 aromatic rings. The summed E-state index contributed by atoms with van der Waals surface area (Å²) in [6, 6.07) is 9.61. The fourth-order valence-electron chi connectivity index (χ4n) is 3.15. The average Bonchev–Trinajstić information content (AvgIpc) is 2.39. The van der Waals surface area contributed by atoms with E-state index in [0.29, 0.717) is 12.0 Å². The van der Waals surface area contributed by atoms with Crippen LogP contribution < -0.4 is 5.32 Å². The summed E-state index contributed by atoms with van der Waals surface area (Å²) in [5, 5.41) is 3.74. The third-order valence-electron chi connectivity index (χ3n) is 4.64. The molecule has 0 aliphatic heterocycles. The largest absolute Gasteiger partial charge is 0.382 e. The molecule has 0 aromatic heterocycles. The van der Waals surface area contributed by atoms with E-state index in [2.05, 4.69) is 57.3 Å². The molecule has 1 nitrogen and oxygen atoms in total. The zero-order chi connectivity index (χ0) is 13.8. The van der Waals surface area contributed by atoms with Gasteiger partial charge in [0.2, 0.25) is 0 Å². The van der Waals surface area contributed by atoms with Crippen molar-refractivity contribution in [3.05, 3.63) is 29.8 Å². The Kier molecular flexibility index (Phi) is 4.90. The Labute approximate surface area is 118 Å². The fraction of sp³-hybridized carbons (Fsp3) is 0.667. The van der Waals surface area contributed by atoms with E-state index in [1.54, 1.807) is 0 Å². The molecule has 1 N–H and O–H groups in total. The number of hydrogen-bond donors (Lipinski definition) is 1. The normalized spacial score (nSPS) is 23.9. The third kappa shape index (κ3) is 3.99. The lowest BCUT2D eigenvalue weighted by atomic mass is 9.79. The summed E-state index contributed by atoms with van der Waals surface area (Å²) in [6.45, 7) is 9.25. The molecule has 1 fully saturated rings. The Bertz CT molecular complexity index is 386. The summed E-state index contributed by atoms with van der Waals surface area (Å²) >= 11 is 0. The van der Waals surface area contributed by atoms with Gasteiger partial charge in [-0.3, -0.25) is 0 Å². The van der Waals surface area contributed by atoms with Crippen molar-refractivity contribution in [3.8, 4) is 0 Å². The first-order valence-electron chi connectivity index (χ1n) is 7.92. The first-order chi connectivity index (χ1) is 9.06. The van der Waals surface area contributed by atoms with Crippen LogP contribution in [0.2, 0.25) is 0 Å². The van der Waals surface area contributed by atoms with Crippen molar-refractivity contribution in [3.63, 3.8) is 0 Å². The summed E-state index contributed by atoms with van der Waals surface area (Å²) < 4.78 is 0. The van der Waals surface area contributed by atoms with Gasteiger partial charge in [0.25, 0.3) is 0 Å². The van der Waals surface area contributed by atoms with Crippen LogP contribution in [0.1, 0.15) is 64.9 Å². The van der Waals surface area contributed by atoms with Gasteiger partial charge >= 0.3 is 0 Å². The van der Waals surface area contributed by atoms with E-state index in [9.17, 15) is 0 Å². The quantitative estimate of drug-likeness (QED) is 0.759. The molecule has 0 spiro atoms. The zero-order valence-electron chi connectivity index (χ0n) is 12.9. The van der Waals surface area contributed by atoms with Crippen molar-refractivity contribution in [2.75, 3.05) is 5.32 Å². The number of nitrogens with one attached hydrogen (secondary N) is 1. The number of benzene rings is 1. The van der Waals surface area contributed by atoms with Gasteiger partial charge in [-0.1, -0.05) is 39.8 Å². The Hall–Kier alpha value is -0.980. The molecule has 1 heteroatoms. The smallest absolute Gasteiger partial charge is 0.0345 e. The summed E-state index contributed by atoms with van der Waals surface area (Å²) in [4.78, 5) is 0. The van der Waals surface area contributed by atoms with Crippen molar-refractivity contribution < 1.29 is 0 Å². The Morgan fingerprint density at radius 3 is 2.26 bits per heavy atom. The van der Waals surface area contributed by atoms with Gasteiger partial charge in [-0.05, 0) is 61.1 Å². The summed E-state index contributed by atoms with van der Waals surface area (Å²) in [7, 11) is 0. The maximum atomic E-state index is 3.74. The van der Waals surface area contributed by atoms with Gasteiger partial charge in [-0.2, -0.15) is 0 Å². The van der Waals surface area contributed by atoms with Crippen molar-refractivity contribution in [1.29, 1.82) is 0 Å². The SMILES string of the molecule is CC(C)c1cccc(NC2CCC(C(C)C)CC2)c1. The van der Waals surface area contributed by atoms with Gasteiger partial charge in [0.05, 0.1) is 0 Å². The molecule has 0 atom stereocenters. The minimum atomic E-state index is 0.610. The van der Waals surface area contributed by atoms with Crippen molar-refractivity contribution in [1.82, 2.24) is 0 Å². The van der Waals surface area contributed by atoms with Gasteiger partial charge < -0.3 is 5.32 Å². The van der Waals surface area contributed by atoms with E-state index >= 15 is 0 Å². The highest BCUT2D eigenvalue weighted by Gasteiger charge is 2.22. The highest BCUT2D eigenvalue weighted by Crippen LogP contribution is 2.31. The topological polar surface area (TPSA) is 12.0 Å². The molecule has 0 amide bonds. The van der Waals surface area contributed by atoms with Crippen LogP contribution in [0, 0.1) is 11.8 Å². The lowest BCUT2D eigenvalue weighted by Gasteiger charge is -2.32. The van der Waals surface area contributed by atoms with Crippen molar-refractivity contribution in [2.24, 2.45) is 11.8 Å². The van der Waals surface area contributed by atoms with Crippen LogP contribution in [-0.2, 0) is 0 Å². The second kappa shape index (κ2) is 6.45. The first kappa shape index (κ1) is 14.4. The second-order valence-corrected chi connectivity index (χ2v) is 6.78. The van der Waals surface area contributed by atoms with Crippen LogP contribution >= 0.6 is 0 Å². The van der Waals surface area contributed by atoms with E-state index in [-0.39, 0.29) is 0 Å². The van der Waals surface area contributed by atoms with Crippen LogP contribution in [-0.4, -0.2) is 6.04 Å². The molecule has 1 aromatic carbocycles. The number of rotatable bonds is 4. The maximum absolute atomic E-state index is 3.74. The predicted octanol–water partition coefficient (Wildman–Crippen LogP) is 5.44. The summed E-state index contributed by atoms with van der Waals surface area (Å²) in [5.74, 6) is 2.41.